The van der Waals surface area contributed by atoms with Crippen molar-refractivity contribution in [2.75, 3.05) is 6.54 Å². The monoisotopic (exact) mass is 244 g/mol. The maximum atomic E-state index is 11.7. The second-order valence-electron chi connectivity index (χ2n) is 4.74. The highest BCUT2D eigenvalue weighted by Gasteiger charge is 2.05. The Morgan fingerprint density at radius 2 is 2.11 bits per heavy atom. The van der Waals surface area contributed by atoms with Crippen molar-refractivity contribution in [2.45, 2.75) is 38.5 Å². The van der Waals surface area contributed by atoms with E-state index in [0.717, 1.165) is 18.5 Å². The number of rotatable bonds is 5. The van der Waals surface area contributed by atoms with Crippen molar-refractivity contribution in [3.05, 3.63) is 41.7 Å². The summed E-state index contributed by atoms with van der Waals surface area (Å²) in [5.41, 5.74) is 2.52. The molecular weight excluding hydrogens is 224 g/mol. The minimum absolute atomic E-state index is 0.0950. The number of carbonyl (C=O) groups excluding carboxylic acids is 1. The molecule has 0 aromatic carbocycles. The Morgan fingerprint density at radius 3 is 2.83 bits per heavy atom. The summed E-state index contributed by atoms with van der Waals surface area (Å²) in [6.45, 7) is 0.760. The van der Waals surface area contributed by atoms with Gasteiger partial charge in [0.25, 0.3) is 0 Å². The van der Waals surface area contributed by atoms with Gasteiger partial charge < -0.3 is 5.32 Å². The van der Waals surface area contributed by atoms with Gasteiger partial charge in [-0.25, -0.2) is 0 Å². The first-order chi connectivity index (χ1) is 8.84. The molecule has 2 rings (SSSR count). The van der Waals surface area contributed by atoms with Crippen LogP contribution in [-0.2, 0) is 11.2 Å². The molecule has 0 unspecified atom stereocenters. The largest absolute Gasteiger partial charge is 0.355 e. The molecule has 1 N–H and O–H groups in total. The SMILES string of the molecule is O=C(Cc1ccncc1)NCCC1=CCCCC1. The molecule has 0 spiro atoms. The quantitative estimate of drug-likeness (QED) is 0.809. The summed E-state index contributed by atoms with van der Waals surface area (Å²) in [5.74, 6) is 0.0950. The average Bonchev–Trinajstić information content (AvgIpc) is 2.41. The molecule has 0 atom stereocenters. The van der Waals surface area contributed by atoms with Crippen LogP contribution in [-0.4, -0.2) is 17.4 Å². The third kappa shape index (κ3) is 4.32. The Hall–Kier alpha value is -1.64. The van der Waals surface area contributed by atoms with E-state index in [1.807, 2.05) is 12.1 Å². The highest BCUT2D eigenvalue weighted by Crippen LogP contribution is 2.19. The second kappa shape index (κ2) is 6.94. The van der Waals surface area contributed by atoms with E-state index in [1.165, 1.54) is 31.3 Å². The molecule has 1 aliphatic rings. The number of aromatic nitrogens is 1. The van der Waals surface area contributed by atoms with Crippen molar-refractivity contribution in [3.63, 3.8) is 0 Å². The third-order valence-electron chi connectivity index (χ3n) is 3.27. The van der Waals surface area contributed by atoms with Gasteiger partial charge in [-0.1, -0.05) is 11.6 Å². The Balaban J connectivity index is 1.67. The molecule has 1 amide bonds. The number of nitrogens with one attached hydrogen (secondary N) is 1. The number of hydrogen-bond donors (Lipinski definition) is 1. The van der Waals surface area contributed by atoms with Gasteiger partial charge in [0.15, 0.2) is 0 Å². The van der Waals surface area contributed by atoms with Crippen molar-refractivity contribution in [3.8, 4) is 0 Å². The van der Waals surface area contributed by atoms with Gasteiger partial charge in [0.1, 0.15) is 0 Å². The molecule has 0 saturated heterocycles. The van der Waals surface area contributed by atoms with Crippen LogP contribution in [0.2, 0.25) is 0 Å². The van der Waals surface area contributed by atoms with Gasteiger partial charge in [-0.2, -0.15) is 0 Å². The fraction of sp³-hybridized carbons (Fsp3) is 0.467. The van der Waals surface area contributed by atoms with E-state index in [-0.39, 0.29) is 5.91 Å². The summed E-state index contributed by atoms with van der Waals surface area (Å²) >= 11 is 0. The number of hydrogen-bond acceptors (Lipinski definition) is 2. The molecule has 3 nitrogen and oxygen atoms in total. The van der Waals surface area contributed by atoms with E-state index in [4.69, 9.17) is 0 Å². The molecule has 0 aliphatic heterocycles. The molecule has 0 saturated carbocycles. The molecule has 1 heterocycles. The van der Waals surface area contributed by atoms with Crippen molar-refractivity contribution >= 4 is 5.91 Å². The Morgan fingerprint density at radius 1 is 1.28 bits per heavy atom. The Kier molecular flexibility index (Phi) is 4.94. The first-order valence-electron chi connectivity index (χ1n) is 6.68. The summed E-state index contributed by atoms with van der Waals surface area (Å²) in [7, 11) is 0. The van der Waals surface area contributed by atoms with E-state index >= 15 is 0 Å². The predicted molar refractivity (Wildman–Crippen MR) is 72.1 cm³/mol. The first-order valence-corrected chi connectivity index (χ1v) is 6.68. The lowest BCUT2D eigenvalue weighted by atomic mass is 9.97. The standard InChI is InChI=1S/C15H20N2O/c18-15(12-14-6-9-16-10-7-14)17-11-8-13-4-2-1-3-5-13/h4,6-7,9-10H,1-3,5,8,11-12H2,(H,17,18). The molecule has 96 valence electrons. The third-order valence-corrected chi connectivity index (χ3v) is 3.27. The van der Waals surface area contributed by atoms with Crippen LogP contribution in [0.3, 0.4) is 0 Å². The number of carbonyl (C=O) groups is 1. The number of pyridine rings is 1. The Bertz CT molecular complexity index is 412. The maximum Gasteiger partial charge on any atom is 0.224 e. The fourth-order valence-corrected chi connectivity index (χ4v) is 2.24. The van der Waals surface area contributed by atoms with Gasteiger partial charge in [-0.15, -0.1) is 0 Å². The van der Waals surface area contributed by atoms with E-state index in [1.54, 1.807) is 12.4 Å². The van der Waals surface area contributed by atoms with Crippen LogP contribution < -0.4 is 5.32 Å². The van der Waals surface area contributed by atoms with E-state index in [2.05, 4.69) is 16.4 Å². The van der Waals surface area contributed by atoms with Gasteiger partial charge in [0, 0.05) is 18.9 Å². The summed E-state index contributed by atoms with van der Waals surface area (Å²) in [6, 6.07) is 3.76. The lowest BCUT2D eigenvalue weighted by Crippen LogP contribution is -2.26. The molecule has 18 heavy (non-hydrogen) atoms. The van der Waals surface area contributed by atoms with Crippen LogP contribution in [0, 0.1) is 0 Å². The summed E-state index contributed by atoms with van der Waals surface area (Å²) in [5, 5.41) is 2.98. The fourth-order valence-electron chi connectivity index (χ4n) is 2.24. The zero-order chi connectivity index (χ0) is 12.6. The normalized spacial score (nSPS) is 15.0. The molecule has 0 bridgehead atoms. The summed E-state index contributed by atoms with van der Waals surface area (Å²) in [6.07, 6.45) is 12.3. The predicted octanol–water partition coefficient (Wildman–Crippen LogP) is 2.63. The zero-order valence-electron chi connectivity index (χ0n) is 10.7. The minimum atomic E-state index is 0.0950. The average molecular weight is 244 g/mol. The molecule has 0 fully saturated rings. The molecule has 3 heteroatoms. The minimum Gasteiger partial charge on any atom is -0.355 e. The van der Waals surface area contributed by atoms with Crippen LogP contribution in [0.15, 0.2) is 36.2 Å². The lowest BCUT2D eigenvalue weighted by molar-refractivity contribution is -0.120. The van der Waals surface area contributed by atoms with Gasteiger partial charge in [-0.05, 0) is 49.8 Å². The van der Waals surface area contributed by atoms with Gasteiger partial charge in [0.2, 0.25) is 5.91 Å². The lowest BCUT2D eigenvalue weighted by Gasteiger charge is -2.12. The first kappa shape index (κ1) is 12.8. The van der Waals surface area contributed by atoms with Crippen LogP contribution in [0.1, 0.15) is 37.7 Å². The van der Waals surface area contributed by atoms with Crippen LogP contribution in [0.25, 0.3) is 0 Å². The van der Waals surface area contributed by atoms with Crippen LogP contribution >= 0.6 is 0 Å². The van der Waals surface area contributed by atoms with Gasteiger partial charge in [-0.3, -0.25) is 9.78 Å². The highest BCUT2D eigenvalue weighted by molar-refractivity contribution is 5.78. The van der Waals surface area contributed by atoms with Crippen molar-refractivity contribution in [2.24, 2.45) is 0 Å². The van der Waals surface area contributed by atoms with Crippen LogP contribution in [0.5, 0.6) is 0 Å². The molecule has 0 radical (unpaired) electrons. The van der Waals surface area contributed by atoms with Gasteiger partial charge >= 0.3 is 0 Å². The molecule has 1 aliphatic carbocycles. The van der Waals surface area contributed by atoms with E-state index in [0.29, 0.717) is 6.42 Å². The molecule has 1 aromatic rings. The van der Waals surface area contributed by atoms with E-state index in [9.17, 15) is 4.79 Å². The van der Waals surface area contributed by atoms with Crippen molar-refractivity contribution < 1.29 is 4.79 Å². The van der Waals surface area contributed by atoms with E-state index < -0.39 is 0 Å². The number of nitrogens with zero attached hydrogens (tertiary/aromatic N) is 1. The highest BCUT2D eigenvalue weighted by atomic mass is 16.1. The van der Waals surface area contributed by atoms with Gasteiger partial charge in [0.05, 0.1) is 6.42 Å². The summed E-state index contributed by atoms with van der Waals surface area (Å²) < 4.78 is 0. The van der Waals surface area contributed by atoms with Crippen molar-refractivity contribution in [1.82, 2.24) is 10.3 Å². The smallest absolute Gasteiger partial charge is 0.224 e. The molecular formula is C15H20N2O. The number of amides is 1. The maximum absolute atomic E-state index is 11.7. The zero-order valence-corrected chi connectivity index (χ0v) is 10.7. The molecule has 1 aromatic heterocycles. The van der Waals surface area contributed by atoms with Crippen molar-refractivity contribution in [1.29, 1.82) is 0 Å². The van der Waals surface area contributed by atoms with Crippen LogP contribution in [0.4, 0.5) is 0 Å². The Labute approximate surface area is 108 Å². The summed E-state index contributed by atoms with van der Waals surface area (Å²) in [4.78, 5) is 15.6. The number of allylic oxidation sites excluding steroid dienone is 1. The second-order valence-corrected chi connectivity index (χ2v) is 4.74. The topological polar surface area (TPSA) is 42.0 Å².